The van der Waals surface area contributed by atoms with Gasteiger partial charge in [0.1, 0.15) is 5.92 Å². The van der Waals surface area contributed by atoms with Crippen molar-refractivity contribution in [2.24, 2.45) is 11.8 Å². The molecule has 1 aromatic rings. The number of nitrogens with zero attached hydrogens (tertiary/aromatic N) is 1. The van der Waals surface area contributed by atoms with Crippen molar-refractivity contribution < 1.29 is 19.4 Å². The molecule has 1 fully saturated rings. The third-order valence-corrected chi connectivity index (χ3v) is 3.83. The number of aliphatic carboxylic acids is 1. The maximum Gasteiger partial charge on any atom is 0.310 e. The molecule has 0 aromatic carbocycles. The number of nitrogens with one attached hydrogen (secondary N) is 1. The second-order valence-corrected chi connectivity index (χ2v) is 5.20. The number of aromatic nitrogens is 1. The molecule has 0 spiro atoms. The number of anilines is 1. The van der Waals surface area contributed by atoms with Gasteiger partial charge in [0.05, 0.1) is 29.5 Å². The second-order valence-electron chi connectivity index (χ2n) is 5.20. The van der Waals surface area contributed by atoms with Crippen LogP contribution >= 0.6 is 0 Å². The van der Waals surface area contributed by atoms with Crippen molar-refractivity contribution in [2.45, 2.75) is 18.6 Å². The summed E-state index contributed by atoms with van der Waals surface area (Å²) >= 11 is 0. The van der Waals surface area contributed by atoms with Gasteiger partial charge in [-0.3, -0.25) is 14.6 Å². The highest BCUT2D eigenvalue weighted by molar-refractivity contribution is 5.97. The quantitative estimate of drug-likeness (QED) is 0.805. The Morgan fingerprint density at radius 2 is 2.30 bits per heavy atom. The minimum atomic E-state index is -1.02. The average molecular weight is 274 g/mol. The molecule has 20 heavy (non-hydrogen) atoms. The summed E-state index contributed by atoms with van der Waals surface area (Å²) in [6.45, 7) is 1.74. The van der Waals surface area contributed by atoms with Crippen LogP contribution in [0.1, 0.15) is 6.92 Å². The lowest BCUT2D eigenvalue weighted by atomic mass is 9.75. The Morgan fingerprint density at radius 1 is 1.50 bits per heavy atom. The largest absolute Gasteiger partial charge is 0.481 e. The summed E-state index contributed by atoms with van der Waals surface area (Å²) in [5, 5.41) is 12.0. The van der Waals surface area contributed by atoms with Crippen LogP contribution in [0.25, 0.3) is 0 Å². The molecule has 2 aliphatic heterocycles. The van der Waals surface area contributed by atoms with Gasteiger partial charge in [0.15, 0.2) is 0 Å². The summed E-state index contributed by atoms with van der Waals surface area (Å²) in [7, 11) is 0. The van der Waals surface area contributed by atoms with Crippen molar-refractivity contribution in [1.29, 1.82) is 0 Å². The second kappa shape index (κ2) is 4.42. The van der Waals surface area contributed by atoms with Crippen LogP contribution in [0.5, 0.6) is 0 Å². The van der Waals surface area contributed by atoms with Gasteiger partial charge in [-0.05, 0) is 19.1 Å². The molecule has 104 valence electrons. The fourth-order valence-electron chi connectivity index (χ4n) is 2.94. The lowest BCUT2D eigenvalue weighted by Crippen LogP contribution is -2.44. The molecule has 1 aromatic heterocycles. The van der Waals surface area contributed by atoms with Crippen LogP contribution in [-0.4, -0.2) is 33.7 Å². The van der Waals surface area contributed by atoms with Gasteiger partial charge in [-0.2, -0.15) is 0 Å². The first-order chi connectivity index (χ1) is 9.51. The van der Waals surface area contributed by atoms with Crippen LogP contribution in [0.3, 0.4) is 0 Å². The molecule has 0 saturated carbocycles. The Kier molecular flexibility index (Phi) is 2.83. The SMILES string of the molecule is C[C@@]12C=C[C@@H](O1)[C@H](C(=O)O)[C@H]2C(=O)Nc1cccnc1. The number of fused-ring (bicyclic) bond motifs is 2. The number of hydrogen-bond acceptors (Lipinski definition) is 4. The zero-order valence-corrected chi connectivity index (χ0v) is 10.8. The van der Waals surface area contributed by atoms with Crippen LogP contribution in [0.2, 0.25) is 0 Å². The molecule has 4 atom stereocenters. The van der Waals surface area contributed by atoms with E-state index < -0.39 is 29.5 Å². The smallest absolute Gasteiger partial charge is 0.310 e. The first-order valence-corrected chi connectivity index (χ1v) is 6.32. The van der Waals surface area contributed by atoms with E-state index in [0.717, 1.165) is 0 Å². The van der Waals surface area contributed by atoms with Crippen molar-refractivity contribution in [3.63, 3.8) is 0 Å². The summed E-state index contributed by atoms with van der Waals surface area (Å²) < 4.78 is 5.64. The first kappa shape index (κ1) is 12.8. The van der Waals surface area contributed by atoms with E-state index in [9.17, 15) is 14.7 Å². The van der Waals surface area contributed by atoms with E-state index in [2.05, 4.69) is 10.3 Å². The number of carbonyl (C=O) groups excluding carboxylic acids is 1. The van der Waals surface area contributed by atoms with Crippen LogP contribution in [0.15, 0.2) is 36.7 Å². The highest BCUT2D eigenvalue weighted by Gasteiger charge is 2.59. The molecule has 0 aliphatic carbocycles. The molecule has 0 radical (unpaired) electrons. The molecule has 2 bridgehead atoms. The fourth-order valence-corrected chi connectivity index (χ4v) is 2.94. The number of rotatable bonds is 3. The highest BCUT2D eigenvalue weighted by atomic mass is 16.5. The van der Waals surface area contributed by atoms with Crippen molar-refractivity contribution in [2.75, 3.05) is 5.32 Å². The number of pyridine rings is 1. The van der Waals surface area contributed by atoms with Gasteiger partial charge in [-0.1, -0.05) is 12.2 Å². The van der Waals surface area contributed by atoms with Crippen molar-refractivity contribution in [3.8, 4) is 0 Å². The van der Waals surface area contributed by atoms with Crippen molar-refractivity contribution in [1.82, 2.24) is 4.98 Å². The number of hydrogen-bond donors (Lipinski definition) is 2. The molecular weight excluding hydrogens is 260 g/mol. The van der Waals surface area contributed by atoms with E-state index in [1.54, 1.807) is 37.4 Å². The van der Waals surface area contributed by atoms with Gasteiger partial charge in [-0.25, -0.2) is 0 Å². The summed E-state index contributed by atoms with van der Waals surface area (Å²) in [6.07, 6.45) is 6.06. The maximum atomic E-state index is 12.4. The van der Waals surface area contributed by atoms with E-state index in [1.165, 1.54) is 6.20 Å². The third kappa shape index (κ3) is 1.89. The summed E-state index contributed by atoms with van der Waals surface area (Å²) in [5.41, 5.74) is -0.322. The minimum Gasteiger partial charge on any atom is -0.481 e. The number of ether oxygens (including phenoxy) is 1. The first-order valence-electron chi connectivity index (χ1n) is 6.32. The molecule has 1 saturated heterocycles. The molecule has 2 aliphatic rings. The molecule has 6 heteroatoms. The zero-order chi connectivity index (χ0) is 14.3. The van der Waals surface area contributed by atoms with E-state index in [-0.39, 0.29) is 5.91 Å². The molecular formula is C14H14N2O4. The Bertz CT molecular complexity index is 586. The van der Waals surface area contributed by atoms with Crippen LogP contribution < -0.4 is 5.32 Å². The summed E-state index contributed by atoms with van der Waals surface area (Å²) in [5.74, 6) is -2.99. The molecule has 0 unspecified atom stereocenters. The van der Waals surface area contributed by atoms with Gasteiger partial charge in [-0.15, -0.1) is 0 Å². The van der Waals surface area contributed by atoms with E-state index in [0.29, 0.717) is 5.69 Å². The number of carboxylic acid groups (broad SMARTS) is 1. The normalized spacial score (nSPS) is 34.1. The predicted octanol–water partition coefficient (Wildman–Crippen LogP) is 1.06. The lowest BCUT2D eigenvalue weighted by molar-refractivity contribution is -0.146. The molecule has 6 nitrogen and oxygen atoms in total. The number of carboxylic acids is 1. The van der Waals surface area contributed by atoms with Gasteiger partial charge >= 0.3 is 5.97 Å². The van der Waals surface area contributed by atoms with Crippen molar-refractivity contribution >= 4 is 17.6 Å². The molecule has 3 heterocycles. The van der Waals surface area contributed by atoms with E-state index >= 15 is 0 Å². The fraction of sp³-hybridized carbons (Fsp3) is 0.357. The van der Waals surface area contributed by atoms with Gasteiger partial charge in [0.2, 0.25) is 5.91 Å². The molecule has 1 amide bonds. The Morgan fingerprint density at radius 3 is 2.95 bits per heavy atom. The van der Waals surface area contributed by atoms with Crippen LogP contribution in [0, 0.1) is 11.8 Å². The van der Waals surface area contributed by atoms with Gasteiger partial charge < -0.3 is 15.2 Å². The Balaban J connectivity index is 1.86. The maximum absolute atomic E-state index is 12.4. The van der Waals surface area contributed by atoms with Gasteiger partial charge in [0.25, 0.3) is 0 Å². The monoisotopic (exact) mass is 274 g/mol. The Hall–Kier alpha value is -2.21. The molecule has 2 N–H and O–H groups in total. The standard InChI is InChI=1S/C14H14N2O4/c1-14-5-4-9(20-14)10(13(18)19)11(14)12(17)16-8-3-2-6-15-7-8/h2-7,9-11H,1H3,(H,16,17)(H,18,19)/t9-,10+,11+,14+/m1/s1. The minimum absolute atomic E-state index is 0.361. The third-order valence-electron chi connectivity index (χ3n) is 3.83. The predicted molar refractivity (Wildman–Crippen MR) is 69.9 cm³/mol. The Labute approximate surface area is 115 Å². The van der Waals surface area contributed by atoms with E-state index in [4.69, 9.17) is 4.74 Å². The van der Waals surface area contributed by atoms with Crippen LogP contribution in [-0.2, 0) is 14.3 Å². The number of amides is 1. The van der Waals surface area contributed by atoms with Crippen LogP contribution in [0.4, 0.5) is 5.69 Å². The zero-order valence-electron chi connectivity index (χ0n) is 10.8. The molecule has 3 rings (SSSR count). The number of carbonyl (C=O) groups is 2. The summed E-state index contributed by atoms with van der Waals surface area (Å²) in [4.78, 5) is 27.7. The van der Waals surface area contributed by atoms with E-state index in [1.807, 2.05) is 0 Å². The van der Waals surface area contributed by atoms with Gasteiger partial charge in [0, 0.05) is 6.20 Å². The van der Waals surface area contributed by atoms with Crippen molar-refractivity contribution in [3.05, 3.63) is 36.7 Å². The average Bonchev–Trinajstić information content (AvgIpc) is 2.92. The topological polar surface area (TPSA) is 88.5 Å². The lowest BCUT2D eigenvalue weighted by Gasteiger charge is -2.27. The highest BCUT2D eigenvalue weighted by Crippen LogP contribution is 2.47. The summed E-state index contributed by atoms with van der Waals surface area (Å²) in [6, 6.07) is 3.40.